The maximum absolute atomic E-state index is 12.3. The molecule has 1 atom stereocenters. The van der Waals surface area contributed by atoms with Crippen LogP contribution in [0.1, 0.15) is 6.42 Å². The summed E-state index contributed by atoms with van der Waals surface area (Å²) in [5.41, 5.74) is 0.264. The van der Waals surface area contributed by atoms with Crippen LogP contribution < -0.4 is 30.2 Å². The molecule has 29 heavy (non-hydrogen) atoms. The lowest BCUT2D eigenvalue weighted by Gasteiger charge is -2.19. The van der Waals surface area contributed by atoms with E-state index in [1.807, 2.05) is 6.07 Å². The van der Waals surface area contributed by atoms with Crippen molar-refractivity contribution in [2.24, 2.45) is 0 Å². The Morgan fingerprint density at radius 2 is 1.72 bits per heavy atom. The van der Waals surface area contributed by atoms with Crippen LogP contribution in [0.5, 0.6) is 17.2 Å². The van der Waals surface area contributed by atoms with Crippen LogP contribution >= 0.6 is 0 Å². The van der Waals surface area contributed by atoms with Crippen LogP contribution in [0.2, 0.25) is 0 Å². The summed E-state index contributed by atoms with van der Waals surface area (Å²) in [5, 5.41) is 15.7. The molecule has 3 amide bonds. The normalized spacial score (nSPS) is 11.6. The number of hydrogen-bond donors (Lipinski definition) is 3. The molecule has 0 aliphatic carbocycles. The maximum atomic E-state index is 12.3. The number of benzene rings is 1. The second-order valence-electron chi connectivity index (χ2n) is 5.86. The number of methoxy groups -OCH3 is 3. The summed E-state index contributed by atoms with van der Waals surface area (Å²) in [6.45, 7) is 0.0335. The second kappa shape index (κ2) is 11.0. The third-order valence-electron chi connectivity index (χ3n) is 3.55. The zero-order chi connectivity index (χ0) is 22.0. The molecular weight excluding hydrogens is 404 g/mol. The van der Waals surface area contributed by atoms with E-state index in [1.54, 1.807) is 0 Å². The molecule has 0 heterocycles. The first kappa shape index (κ1) is 23.8. The number of rotatable bonds is 10. The molecule has 0 bridgehead atoms. The number of carbonyl (C=O) groups excluding carboxylic acids is 2. The number of carbonyl (C=O) groups is 2. The quantitative estimate of drug-likeness (QED) is 0.449. The minimum atomic E-state index is -3.57. The van der Waals surface area contributed by atoms with Crippen molar-refractivity contribution in [3.05, 3.63) is 12.1 Å². The minimum Gasteiger partial charge on any atom is -0.493 e. The highest BCUT2D eigenvalue weighted by molar-refractivity contribution is 7.90. The molecule has 0 radical (unpaired) electrons. The molecule has 1 unspecified atom stereocenters. The van der Waals surface area contributed by atoms with Crippen LogP contribution in [-0.2, 0) is 14.6 Å². The molecule has 0 spiro atoms. The fraction of sp³-hybridized carbons (Fsp3) is 0.471. The van der Waals surface area contributed by atoms with E-state index in [0.29, 0.717) is 17.2 Å². The first-order valence-corrected chi connectivity index (χ1v) is 10.4. The van der Waals surface area contributed by atoms with E-state index in [4.69, 9.17) is 19.5 Å². The Labute approximate surface area is 169 Å². The predicted molar refractivity (Wildman–Crippen MR) is 105 cm³/mol. The van der Waals surface area contributed by atoms with Crippen LogP contribution in [0.3, 0.4) is 0 Å². The molecule has 0 aliphatic heterocycles. The average Bonchev–Trinajstić information content (AvgIpc) is 2.65. The molecular formula is C17H24N4O7S. The fourth-order valence-corrected chi connectivity index (χ4v) is 3.17. The van der Waals surface area contributed by atoms with Gasteiger partial charge >= 0.3 is 6.03 Å². The number of sulfone groups is 1. The molecule has 3 N–H and O–H groups in total. The van der Waals surface area contributed by atoms with Gasteiger partial charge in [0.15, 0.2) is 11.5 Å². The van der Waals surface area contributed by atoms with Crippen molar-refractivity contribution in [3.8, 4) is 23.3 Å². The lowest BCUT2D eigenvalue weighted by atomic mass is 10.2. The summed E-state index contributed by atoms with van der Waals surface area (Å²) < 4.78 is 38.8. The van der Waals surface area contributed by atoms with Gasteiger partial charge < -0.3 is 30.2 Å². The van der Waals surface area contributed by atoms with Crippen molar-refractivity contribution in [1.29, 1.82) is 5.26 Å². The molecule has 1 rings (SSSR count). The topological polar surface area (TPSA) is 156 Å². The summed E-state index contributed by atoms with van der Waals surface area (Å²) in [6, 6.07) is 2.63. The first-order valence-electron chi connectivity index (χ1n) is 8.35. The van der Waals surface area contributed by atoms with E-state index in [2.05, 4.69) is 16.0 Å². The van der Waals surface area contributed by atoms with Gasteiger partial charge in [-0.3, -0.25) is 4.79 Å². The molecule has 0 fully saturated rings. The van der Waals surface area contributed by atoms with Gasteiger partial charge in [-0.15, -0.1) is 0 Å². The lowest BCUT2D eigenvalue weighted by molar-refractivity contribution is -0.122. The molecule has 11 nitrogen and oxygen atoms in total. The van der Waals surface area contributed by atoms with Gasteiger partial charge in [-0.1, -0.05) is 0 Å². The Hall–Kier alpha value is -3.20. The van der Waals surface area contributed by atoms with Gasteiger partial charge in [0.05, 0.1) is 45.3 Å². The van der Waals surface area contributed by atoms with Crippen LogP contribution in [0, 0.1) is 11.3 Å². The van der Waals surface area contributed by atoms with Gasteiger partial charge in [-0.05, 0) is 0 Å². The van der Waals surface area contributed by atoms with Gasteiger partial charge in [0.1, 0.15) is 15.9 Å². The van der Waals surface area contributed by atoms with Crippen LogP contribution in [0.15, 0.2) is 12.1 Å². The third kappa shape index (κ3) is 7.74. The van der Waals surface area contributed by atoms with E-state index in [-0.39, 0.29) is 18.7 Å². The SMILES string of the molecule is COc1cc(NC(=O)NC(CS(C)(=O)=O)C(=O)NCCC#N)cc(OC)c1OC. The highest BCUT2D eigenvalue weighted by atomic mass is 32.2. The number of nitrogens with zero attached hydrogens (tertiary/aromatic N) is 1. The molecule has 1 aromatic carbocycles. The van der Waals surface area contributed by atoms with Gasteiger partial charge in [0, 0.05) is 24.9 Å². The summed E-state index contributed by atoms with van der Waals surface area (Å²) in [7, 11) is 0.682. The largest absolute Gasteiger partial charge is 0.493 e. The number of nitrogens with one attached hydrogen (secondary N) is 3. The summed E-state index contributed by atoms with van der Waals surface area (Å²) in [6.07, 6.45) is 0.996. The van der Waals surface area contributed by atoms with E-state index in [9.17, 15) is 18.0 Å². The monoisotopic (exact) mass is 428 g/mol. The van der Waals surface area contributed by atoms with Crippen molar-refractivity contribution >= 4 is 27.5 Å². The van der Waals surface area contributed by atoms with Crippen molar-refractivity contribution in [2.75, 3.05) is 45.2 Å². The maximum Gasteiger partial charge on any atom is 0.319 e. The number of ether oxygens (including phenoxy) is 3. The Bertz CT molecular complexity index is 855. The van der Waals surface area contributed by atoms with Crippen molar-refractivity contribution in [1.82, 2.24) is 10.6 Å². The number of amides is 3. The molecule has 1 aromatic rings. The van der Waals surface area contributed by atoms with E-state index in [0.717, 1.165) is 6.26 Å². The Morgan fingerprint density at radius 3 is 2.17 bits per heavy atom. The Balaban J connectivity index is 2.97. The van der Waals surface area contributed by atoms with Gasteiger partial charge in [-0.2, -0.15) is 5.26 Å². The Kier molecular flexibility index (Phi) is 9.01. The molecule has 160 valence electrons. The van der Waals surface area contributed by atoms with E-state index < -0.39 is 33.6 Å². The number of nitriles is 1. The number of urea groups is 1. The Morgan fingerprint density at radius 1 is 1.14 bits per heavy atom. The molecule has 0 saturated carbocycles. The van der Waals surface area contributed by atoms with Crippen molar-refractivity contribution in [2.45, 2.75) is 12.5 Å². The zero-order valence-corrected chi connectivity index (χ0v) is 17.4. The minimum absolute atomic E-state index is 0.0335. The van der Waals surface area contributed by atoms with Crippen LogP contribution in [0.4, 0.5) is 10.5 Å². The fourth-order valence-electron chi connectivity index (χ4n) is 2.33. The summed E-state index contributed by atoms with van der Waals surface area (Å²) in [5.74, 6) is -0.402. The molecule has 0 aromatic heterocycles. The van der Waals surface area contributed by atoms with Crippen LogP contribution in [-0.4, -0.2) is 66.3 Å². The zero-order valence-electron chi connectivity index (χ0n) is 16.6. The highest BCUT2D eigenvalue weighted by Gasteiger charge is 2.25. The average molecular weight is 428 g/mol. The molecule has 0 aliphatic rings. The first-order chi connectivity index (χ1) is 13.6. The standard InChI is InChI=1S/C17H24N4O7S/c1-26-13-8-11(9-14(27-2)15(13)28-3)20-17(23)21-12(10-29(4,24)25)16(22)19-7-5-6-18/h8-9,12H,5,7,10H2,1-4H3,(H,19,22)(H2,20,21,23). The lowest BCUT2D eigenvalue weighted by Crippen LogP contribution is -2.51. The second-order valence-corrected chi connectivity index (χ2v) is 8.04. The molecule has 0 saturated heterocycles. The van der Waals surface area contributed by atoms with Crippen molar-refractivity contribution < 1.29 is 32.2 Å². The van der Waals surface area contributed by atoms with E-state index >= 15 is 0 Å². The number of hydrogen-bond acceptors (Lipinski definition) is 8. The summed E-state index contributed by atoms with van der Waals surface area (Å²) >= 11 is 0. The van der Waals surface area contributed by atoms with Crippen LogP contribution in [0.25, 0.3) is 0 Å². The van der Waals surface area contributed by atoms with Gasteiger partial charge in [-0.25, -0.2) is 13.2 Å². The number of anilines is 1. The third-order valence-corrected chi connectivity index (χ3v) is 4.49. The highest BCUT2D eigenvalue weighted by Crippen LogP contribution is 2.39. The summed E-state index contributed by atoms with van der Waals surface area (Å²) in [4.78, 5) is 24.5. The molecule has 12 heteroatoms. The smallest absolute Gasteiger partial charge is 0.319 e. The predicted octanol–water partition coefficient (Wildman–Crippen LogP) is 0.277. The van der Waals surface area contributed by atoms with Gasteiger partial charge in [0.2, 0.25) is 11.7 Å². The van der Waals surface area contributed by atoms with E-state index in [1.165, 1.54) is 33.5 Å². The van der Waals surface area contributed by atoms with Gasteiger partial charge in [0.25, 0.3) is 0 Å². The van der Waals surface area contributed by atoms with Crippen molar-refractivity contribution in [3.63, 3.8) is 0 Å².